The van der Waals surface area contributed by atoms with Gasteiger partial charge in [-0.05, 0) is 31.0 Å². The minimum Gasteiger partial charge on any atom is -0.323 e. The number of rotatable bonds is 7. The van der Waals surface area contributed by atoms with E-state index in [-0.39, 0.29) is 6.04 Å². The Balaban J connectivity index is 2.90. The minimum atomic E-state index is 0.0951. The maximum absolute atomic E-state index is 6.51. The molecule has 1 aromatic rings. The Hall–Kier alpha value is -0.860. The molecule has 0 heterocycles. The molecule has 0 saturated heterocycles. The highest BCUT2D eigenvalue weighted by Crippen LogP contribution is 2.24. The summed E-state index contributed by atoms with van der Waals surface area (Å²) < 4.78 is 0. The lowest BCUT2D eigenvalue weighted by Gasteiger charge is -2.37. The lowest BCUT2D eigenvalue weighted by Crippen LogP contribution is -2.46. The van der Waals surface area contributed by atoms with E-state index in [1.165, 1.54) is 12.0 Å². The first-order chi connectivity index (χ1) is 8.61. The SMILES string of the molecule is CCCN(CC)C(C(C)C)C(N)c1ccccc1. The number of nitrogens with zero attached hydrogens (tertiary/aromatic N) is 1. The van der Waals surface area contributed by atoms with Crippen LogP contribution in [-0.2, 0) is 0 Å². The van der Waals surface area contributed by atoms with E-state index in [0.717, 1.165) is 13.1 Å². The van der Waals surface area contributed by atoms with Crippen molar-refractivity contribution in [3.63, 3.8) is 0 Å². The van der Waals surface area contributed by atoms with Crippen LogP contribution in [0.1, 0.15) is 45.7 Å². The van der Waals surface area contributed by atoms with E-state index in [1.54, 1.807) is 0 Å². The fourth-order valence-corrected chi connectivity index (χ4v) is 2.74. The highest BCUT2D eigenvalue weighted by atomic mass is 15.2. The van der Waals surface area contributed by atoms with Gasteiger partial charge in [-0.3, -0.25) is 4.90 Å². The summed E-state index contributed by atoms with van der Waals surface area (Å²) >= 11 is 0. The molecular weight excluding hydrogens is 220 g/mol. The van der Waals surface area contributed by atoms with E-state index in [9.17, 15) is 0 Å². The molecule has 0 aliphatic carbocycles. The average molecular weight is 248 g/mol. The Bertz CT molecular complexity index is 321. The summed E-state index contributed by atoms with van der Waals surface area (Å²) in [5.41, 5.74) is 7.75. The van der Waals surface area contributed by atoms with Gasteiger partial charge in [0.15, 0.2) is 0 Å². The standard InChI is InChI=1S/C16H28N2/c1-5-12-18(6-2)16(13(3)4)15(17)14-10-8-7-9-11-14/h7-11,13,15-16H,5-6,12,17H2,1-4H3. The molecule has 0 amide bonds. The minimum absolute atomic E-state index is 0.0951. The van der Waals surface area contributed by atoms with E-state index in [1.807, 2.05) is 6.07 Å². The third-order valence-electron chi connectivity index (χ3n) is 3.57. The predicted molar refractivity (Wildman–Crippen MR) is 79.5 cm³/mol. The fourth-order valence-electron chi connectivity index (χ4n) is 2.74. The topological polar surface area (TPSA) is 29.3 Å². The maximum atomic E-state index is 6.51. The normalized spacial score (nSPS) is 15.1. The smallest absolute Gasteiger partial charge is 0.0455 e. The van der Waals surface area contributed by atoms with Crippen LogP contribution in [0.3, 0.4) is 0 Å². The summed E-state index contributed by atoms with van der Waals surface area (Å²) in [6.07, 6.45) is 1.18. The van der Waals surface area contributed by atoms with Crippen LogP contribution in [0.15, 0.2) is 30.3 Å². The molecule has 0 aliphatic heterocycles. The van der Waals surface area contributed by atoms with Crippen molar-refractivity contribution in [3.05, 3.63) is 35.9 Å². The monoisotopic (exact) mass is 248 g/mol. The molecular formula is C16H28N2. The molecule has 0 aliphatic rings. The Kier molecular flexibility index (Phi) is 6.37. The van der Waals surface area contributed by atoms with Crippen molar-refractivity contribution in [3.8, 4) is 0 Å². The zero-order valence-corrected chi connectivity index (χ0v) is 12.3. The van der Waals surface area contributed by atoms with Crippen LogP contribution in [0.25, 0.3) is 0 Å². The summed E-state index contributed by atoms with van der Waals surface area (Å²) in [5, 5.41) is 0. The molecule has 0 radical (unpaired) electrons. The molecule has 0 aromatic heterocycles. The molecule has 0 spiro atoms. The van der Waals surface area contributed by atoms with E-state index in [2.05, 4.69) is 56.9 Å². The molecule has 0 bridgehead atoms. The highest BCUT2D eigenvalue weighted by Gasteiger charge is 2.27. The van der Waals surface area contributed by atoms with Gasteiger partial charge in [0.05, 0.1) is 0 Å². The number of likely N-dealkylation sites (N-methyl/N-ethyl adjacent to an activating group) is 1. The van der Waals surface area contributed by atoms with Crippen LogP contribution in [0, 0.1) is 5.92 Å². The third-order valence-corrected chi connectivity index (χ3v) is 3.57. The van der Waals surface area contributed by atoms with Crippen LogP contribution in [0.4, 0.5) is 0 Å². The van der Waals surface area contributed by atoms with Crippen molar-refractivity contribution in [1.29, 1.82) is 0 Å². The largest absolute Gasteiger partial charge is 0.323 e. The molecule has 102 valence electrons. The van der Waals surface area contributed by atoms with Crippen molar-refractivity contribution in [2.45, 2.75) is 46.2 Å². The van der Waals surface area contributed by atoms with Gasteiger partial charge in [0, 0.05) is 12.1 Å². The van der Waals surface area contributed by atoms with E-state index in [4.69, 9.17) is 5.73 Å². The van der Waals surface area contributed by atoms with Gasteiger partial charge in [-0.1, -0.05) is 58.0 Å². The highest BCUT2D eigenvalue weighted by molar-refractivity contribution is 5.20. The maximum Gasteiger partial charge on any atom is 0.0455 e. The number of benzene rings is 1. The lowest BCUT2D eigenvalue weighted by molar-refractivity contribution is 0.137. The van der Waals surface area contributed by atoms with E-state index < -0.39 is 0 Å². The van der Waals surface area contributed by atoms with Gasteiger partial charge in [0.1, 0.15) is 0 Å². The number of hydrogen-bond acceptors (Lipinski definition) is 2. The molecule has 0 fully saturated rings. The quantitative estimate of drug-likeness (QED) is 0.801. The van der Waals surface area contributed by atoms with Gasteiger partial charge in [0.2, 0.25) is 0 Å². The predicted octanol–water partition coefficient (Wildman–Crippen LogP) is 3.44. The third kappa shape index (κ3) is 3.82. The van der Waals surface area contributed by atoms with Crippen molar-refractivity contribution in [2.75, 3.05) is 13.1 Å². The Morgan fingerprint density at radius 2 is 1.72 bits per heavy atom. The van der Waals surface area contributed by atoms with Crippen molar-refractivity contribution in [2.24, 2.45) is 11.7 Å². The molecule has 2 atom stereocenters. The zero-order chi connectivity index (χ0) is 13.5. The first-order valence-electron chi connectivity index (χ1n) is 7.16. The summed E-state index contributed by atoms with van der Waals surface area (Å²) in [5.74, 6) is 0.562. The first-order valence-corrected chi connectivity index (χ1v) is 7.16. The van der Waals surface area contributed by atoms with Gasteiger partial charge in [-0.25, -0.2) is 0 Å². The Morgan fingerprint density at radius 3 is 2.17 bits per heavy atom. The van der Waals surface area contributed by atoms with Gasteiger partial charge in [-0.2, -0.15) is 0 Å². The zero-order valence-electron chi connectivity index (χ0n) is 12.3. The fraction of sp³-hybridized carbons (Fsp3) is 0.625. The van der Waals surface area contributed by atoms with Gasteiger partial charge < -0.3 is 5.73 Å². The van der Waals surface area contributed by atoms with Gasteiger partial charge in [-0.15, -0.1) is 0 Å². The summed E-state index contributed by atoms with van der Waals surface area (Å²) in [6.45, 7) is 11.2. The summed E-state index contributed by atoms with van der Waals surface area (Å²) in [6, 6.07) is 11.0. The Morgan fingerprint density at radius 1 is 1.11 bits per heavy atom. The van der Waals surface area contributed by atoms with Gasteiger partial charge >= 0.3 is 0 Å². The lowest BCUT2D eigenvalue weighted by atomic mass is 9.90. The summed E-state index contributed by atoms with van der Waals surface area (Å²) in [7, 11) is 0. The molecule has 1 aromatic carbocycles. The first kappa shape index (κ1) is 15.2. The van der Waals surface area contributed by atoms with Gasteiger partial charge in [0.25, 0.3) is 0 Å². The van der Waals surface area contributed by atoms with Crippen molar-refractivity contribution < 1.29 is 0 Å². The summed E-state index contributed by atoms with van der Waals surface area (Å²) in [4.78, 5) is 2.52. The van der Waals surface area contributed by atoms with Crippen LogP contribution >= 0.6 is 0 Å². The average Bonchev–Trinajstić information content (AvgIpc) is 2.38. The second kappa shape index (κ2) is 7.55. The van der Waals surface area contributed by atoms with Crippen LogP contribution in [-0.4, -0.2) is 24.0 Å². The van der Waals surface area contributed by atoms with Crippen molar-refractivity contribution in [1.82, 2.24) is 4.90 Å². The molecule has 2 unspecified atom stereocenters. The molecule has 18 heavy (non-hydrogen) atoms. The van der Waals surface area contributed by atoms with Crippen molar-refractivity contribution >= 4 is 0 Å². The van der Waals surface area contributed by atoms with Crippen LogP contribution in [0.2, 0.25) is 0 Å². The molecule has 2 nitrogen and oxygen atoms in total. The van der Waals surface area contributed by atoms with Crippen LogP contribution in [0.5, 0.6) is 0 Å². The second-order valence-electron chi connectivity index (χ2n) is 5.30. The van der Waals surface area contributed by atoms with Crippen LogP contribution < -0.4 is 5.73 Å². The number of hydrogen-bond donors (Lipinski definition) is 1. The van der Waals surface area contributed by atoms with E-state index in [0.29, 0.717) is 12.0 Å². The molecule has 0 saturated carbocycles. The number of nitrogens with two attached hydrogens (primary N) is 1. The molecule has 2 heteroatoms. The molecule has 2 N–H and O–H groups in total. The van der Waals surface area contributed by atoms with E-state index >= 15 is 0 Å². The second-order valence-corrected chi connectivity index (χ2v) is 5.30. The Labute approximate surface area is 112 Å². The molecule has 1 rings (SSSR count).